The Morgan fingerprint density at radius 2 is 1.59 bits per heavy atom. The van der Waals surface area contributed by atoms with Gasteiger partial charge in [-0.05, 0) is 62.1 Å². The third-order valence-corrected chi connectivity index (χ3v) is 6.92. The third kappa shape index (κ3) is 3.90. The lowest BCUT2D eigenvalue weighted by Crippen LogP contribution is -2.35. The summed E-state index contributed by atoms with van der Waals surface area (Å²) in [6.45, 7) is 1.93. The van der Waals surface area contributed by atoms with E-state index in [1.54, 1.807) is 0 Å². The lowest BCUT2D eigenvalue weighted by atomic mass is 9.75. The summed E-state index contributed by atoms with van der Waals surface area (Å²) in [6.07, 6.45) is 6.26. The van der Waals surface area contributed by atoms with Gasteiger partial charge in [-0.3, -0.25) is 4.79 Å². The second kappa shape index (κ2) is 8.78. The number of dihydropyridines is 1. The highest BCUT2D eigenvalue weighted by molar-refractivity contribution is 6.03. The van der Waals surface area contributed by atoms with Crippen LogP contribution in [-0.2, 0) is 14.3 Å². The maximum absolute atomic E-state index is 13.4. The Bertz CT molecular complexity index is 1090. The zero-order valence-corrected chi connectivity index (χ0v) is 18.5. The molecule has 0 amide bonds. The Morgan fingerprint density at radius 1 is 0.906 bits per heavy atom. The molecule has 0 saturated heterocycles. The molecule has 0 radical (unpaired) electrons. The molecule has 5 rings (SSSR count). The number of esters is 1. The van der Waals surface area contributed by atoms with E-state index in [0.717, 1.165) is 72.2 Å². The van der Waals surface area contributed by atoms with Crippen molar-refractivity contribution < 1.29 is 14.3 Å². The number of hydrogen-bond acceptors (Lipinski definition) is 4. The Morgan fingerprint density at radius 3 is 2.31 bits per heavy atom. The summed E-state index contributed by atoms with van der Waals surface area (Å²) in [5, 5.41) is 3.38. The molecule has 1 unspecified atom stereocenters. The first-order chi connectivity index (χ1) is 15.6. The summed E-state index contributed by atoms with van der Waals surface area (Å²) in [5.41, 5.74) is 6.32. The van der Waals surface area contributed by atoms with Crippen molar-refractivity contribution in [1.82, 2.24) is 5.32 Å². The second-order valence-electron chi connectivity index (χ2n) is 9.07. The molecule has 4 heteroatoms. The summed E-state index contributed by atoms with van der Waals surface area (Å²) in [7, 11) is 0. The van der Waals surface area contributed by atoms with Gasteiger partial charge in [0.15, 0.2) is 5.78 Å². The predicted octanol–water partition coefficient (Wildman–Crippen LogP) is 5.81. The fourth-order valence-corrected chi connectivity index (χ4v) is 5.31. The van der Waals surface area contributed by atoms with Crippen LogP contribution >= 0.6 is 0 Å². The molecule has 1 N–H and O–H groups in total. The maximum atomic E-state index is 13.4. The SMILES string of the molecule is CC1=C(C(=O)OC2CCCC2)C(c2ccc(-c3ccccc3)cc2)C2=C(CCCC2=O)N1. The van der Waals surface area contributed by atoms with Crippen LogP contribution in [0.2, 0.25) is 0 Å². The number of rotatable bonds is 4. The van der Waals surface area contributed by atoms with E-state index in [2.05, 4.69) is 41.7 Å². The topological polar surface area (TPSA) is 55.4 Å². The van der Waals surface area contributed by atoms with Crippen LogP contribution in [0.5, 0.6) is 0 Å². The number of hydrogen-bond donors (Lipinski definition) is 1. The number of carbonyl (C=O) groups excluding carboxylic acids is 2. The van der Waals surface area contributed by atoms with Crippen molar-refractivity contribution in [2.45, 2.75) is 63.9 Å². The van der Waals surface area contributed by atoms with E-state index in [9.17, 15) is 9.59 Å². The summed E-state index contributed by atoms with van der Waals surface area (Å²) < 4.78 is 5.91. The highest BCUT2D eigenvalue weighted by Crippen LogP contribution is 2.43. The van der Waals surface area contributed by atoms with Gasteiger partial charge in [-0.1, -0.05) is 54.6 Å². The van der Waals surface area contributed by atoms with Crippen molar-refractivity contribution in [3.05, 3.63) is 82.7 Å². The number of nitrogens with one attached hydrogen (secondary N) is 1. The van der Waals surface area contributed by atoms with E-state index >= 15 is 0 Å². The van der Waals surface area contributed by atoms with Crippen molar-refractivity contribution in [1.29, 1.82) is 0 Å². The lowest BCUT2D eigenvalue weighted by Gasteiger charge is -2.34. The van der Waals surface area contributed by atoms with Gasteiger partial charge in [0, 0.05) is 29.3 Å². The molecule has 1 fully saturated rings. The minimum Gasteiger partial charge on any atom is -0.459 e. The molecule has 0 spiro atoms. The summed E-state index contributed by atoms with van der Waals surface area (Å²) >= 11 is 0. The molecular formula is C28H29NO3. The normalized spacial score (nSPS) is 21.4. The van der Waals surface area contributed by atoms with Crippen molar-refractivity contribution in [2.75, 3.05) is 0 Å². The molecule has 2 aromatic carbocycles. The van der Waals surface area contributed by atoms with E-state index in [-0.39, 0.29) is 23.8 Å². The van der Waals surface area contributed by atoms with Crippen LogP contribution in [0.3, 0.4) is 0 Å². The summed E-state index contributed by atoms with van der Waals surface area (Å²) in [6, 6.07) is 18.5. The molecule has 0 bridgehead atoms. The molecule has 1 aliphatic heterocycles. The molecule has 4 nitrogen and oxygen atoms in total. The second-order valence-corrected chi connectivity index (χ2v) is 9.07. The molecule has 1 heterocycles. The molecule has 3 aliphatic rings. The van der Waals surface area contributed by atoms with Gasteiger partial charge >= 0.3 is 5.97 Å². The first-order valence-electron chi connectivity index (χ1n) is 11.7. The van der Waals surface area contributed by atoms with Crippen molar-refractivity contribution >= 4 is 11.8 Å². The van der Waals surface area contributed by atoms with Gasteiger partial charge in [-0.25, -0.2) is 4.79 Å². The predicted molar refractivity (Wildman–Crippen MR) is 125 cm³/mol. The highest BCUT2D eigenvalue weighted by atomic mass is 16.5. The van der Waals surface area contributed by atoms with E-state index in [0.29, 0.717) is 12.0 Å². The number of Topliss-reactive ketones (excluding diaryl/α,β-unsaturated/α-hetero) is 1. The summed E-state index contributed by atoms with van der Waals surface area (Å²) in [4.78, 5) is 26.4. The van der Waals surface area contributed by atoms with E-state index in [1.165, 1.54) is 0 Å². The van der Waals surface area contributed by atoms with E-state index in [4.69, 9.17) is 4.74 Å². The molecule has 2 aromatic rings. The molecule has 1 atom stereocenters. The first-order valence-corrected chi connectivity index (χ1v) is 11.7. The average molecular weight is 428 g/mol. The highest BCUT2D eigenvalue weighted by Gasteiger charge is 2.39. The zero-order chi connectivity index (χ0) is 22.1. The van der Waals surface area contributed by atoms with Gasteiger partial charge < -0.3 is 10.1 Å². The number of benzene rings is 2. The maximum Gasteiger partial charge on any atom is 0.337 e. The number of ketones is 1. The molecule has 164 valence electrons. The van der Waals surface area contributed by atoms with Crippen LogP contribution in [0, 0.1) is 0 Å². The van der Waals surface area contributed by atoms with Crippen molar-refractivity contribution in [3.63, 3.8) is 0 Å². The smallest absolute Gasteiger partial charge is 0.337 e. The van der Waals surface area contributed by atoms with Gasteiger partial charge in [-0.2, -0.15) is 0 Å². The van der Waals surface area contributed by atoms with Crippen LogP contribution in [0.1, 0.15) is 63.4 Å². The number of allylic oxidation sites excluding steroid dienone is 3. The minimum atomic E-state index is -0.377. The van der Waals surface area contributed by atoms with E-state index < -0.39 is 0 Å². The Labute approximate surface area is 189 Å². The Balaban J connectivity index is 1.54. The molecular weight excluding hydrogens is 398 g/mol. The minimum absolute atomic E-state index is 0.0126. The summed E-state index contributed by atoms with van der Waals surface area (Å²) in [5.74, 6) is -0.531. The van der Waals surface area contributed by atoms with Gasteiger partial charge in [0.1, 0.15) is 6.10 Å². The molecule has 1 saturated carbocycles. The molecule has 32 heavy (non-hydrogen) atoms. The van der Waals surface area contributed by atoms with Gasteiger partial charge in [0.2, 0.25) is 0 Å². The standard InChI is InChI=1S/C28H29NO3/c1-18-25(28(31)32-22-10-5-6-11-22)26(27-23(29-18)12-7-13-24(27)30)21-16-14-20(15-17-21)19-8-3-2-4-9-19/h2-4,8-9,14-17,22,26,29H,5-7,10-13H2,1H3. The van der Waals surface area contributed by atoms with Crippen LogP contribution in [0.15, 0.2) is 77.1 Å². The fraction of sp³-hybridized carbons (Fsp3) is 0.357. The fourth-order valence-electron chi connectivity index (χ4n) is 5.31. The quantitative estimate of drug-likeness (QED) is 0.626. The zero-order valence-electron chi connectivity index (χ0n) is 18.5. The van der Waals surface area contributed by atoms with Crippen LogP contribution in [-0.4, -0.2) is 17.9 Å². The van der Waals surface area contributed by atoms with Crippen LogP contribution < -0.4 is 5.32 Å². The van der Waals surface area contributed by atoms with Crippen LogP contribution in [0.4, 0.5) is 0 Å². The number of carbonyl (C=O) groups is 2. The molecule has 2 aliphatic carbocycles. The van der Waals surface area contributed by atoms with Gasteiger partial charge in [0.05, 0.1) is 5.57 Å². The number of ether oxygens (including phenoxy) is 1. The van der Waals surface area contributed by atoms with Crippen LogP contribution in [0.25, 0.3) is 11.1 Å². The Hall–Kier alpha value is -3.14. The monoisotopic (exact) mass is 427 g/mol. The average Bonchev–Trinajstić information content (AvgIpc) is 3.32. The lowest BCUT2D eigenvalue weighted by molar-refractivity contribution is -0.144. The van der Waals surface area contributed by atoms with Gasteiger partial charge in [0.25, 0.3) is 0 Å². The van der Waals surface area contributed by atoms with E-state index in [1.807, 2.05) is 25.1 Å². The van der Waals surface area contributed by atoms with Gasteiger partial charge in [-0.15, -0.1) is 0 Å². The first kappa shape index (κ1) is 20.7. The Kier molecular flexibility index (Phi) is 5.69. The van der Waals surface area contributed by atoms with Crippen molar-refractivity contribution in [3.8, 4) is 11.1 Å². The largest absolute Gasteiger partial charge is 0.459 e. The van der Waals surface area contributed by atoms with Crippen molar-refractivity contribution in [2.24, 2.45) is 0 Å². The molecule has 0 aromatic heterocycles. The third-order valence-electron chi connectivity index (χ3n) is 6.92.